The summed E-state index contributed by atoms with van der Waals surface area (Å²) in [5.74, 6) is -1.02. The van der Waals surface area contributed by atoms with Gasteiger partial charge in [0.05, 0.1) is 11.1 Å². The molecule has 7 heteroatoms. The Balaban J connectivity index is 1.42. The van der Waals surface area contributed by atoms with Gasteiger partial charge in [-0.3, -0.25) is 4.79 Å². The van der Waals surface area contributed by atoms with Gasteiger partial charge in [0.2, 0.25) is 0 Å². The molecule has 0 aliphatic heterocycles. The smallest absolute Gasteiger partial charge is 0.411 e. The number of benzene rings is 3. The second-order valence-electron chi connectivity index (χ2n) is 8.08. The zero-order valence-corrected chi connectivity index (χ0v) is 18.0. The standard InChI is InChI=1S/C25H20ClFN2O3/c1-29(20-11-10-17-21(23(20)30)19(28)12-18(27)22(17)26)25(31)32-24-15-8-4-2-6-13(15)14-7-3-5-9-16(14)24/h2-9,12,20,24H,10-11,28H2,1H3. The third-order valence-electron chi connectivity index (χ3n) is 6.31. The second kappa shape index (κ2) is 7.64. The monoisotopic (exact) mass is 450 g/mol. The van der Waals surface area contributed by atoms with Crippen molar-refractivity contribution in [1.82, 2.24) is 4.90 Å². The summed E-state index contributed by atoms with van der Waals surface area (Å²) in [6.07, 6.45) is -0.538. The Morgan fingerprint density at radius 2 is 1.72 bits per heavy atom. The SMILES string of the molecule is CN(C(=O)OC1c2ccccc2-c2ccccc21)C1CCc2c(Cl)c(F)cc(N)c2C1=O. The Morgan fingerprint density at radius 1 is 1.12 bits per heavy atom. The van der Waals surface area contributed by atoms with Crippen molar-refractivity contribution in [1.29, 1.82) is 0 Å². The number of anilines is 1. The minimum Gasteiger partial charge on any atom is -0.436 e. The Hall–Kier alpha value is -3.38. The Kier molecular flexibility index (Phi) is 4.90. The van der Waals surface area contributed by atoms with Crippen LogP contribution in [0.3, 0.4) is 0 Å². The fraction of sp³-hybridized carbons (Fsp3) is 0.200. The predicted molar refractivity (Wildman–Crippen MR) is 120 cm³/mol. The van der Waals surface area contributed by atoms with E-state index in [2.05, 4.69) is 0 Å². The zero-order valence-electron chi connectivity index (χ0n) is 17.3. The van der Waals surface area contributed by atoms with Crippen LogP contribution in [0.15, 0.2) is 54.6 Å². The van der Waals surface area contributed by atoms with Gasteiger partial charge in [-0.25, -0.2) is 9.18 Å². The molecule has 0 spiro atoms. The lowest BCUT2D eigenvalue weighted by Gasteiger charge is -2.32. The molecule has 0 saturated heterocycles. The number of ether oxygens (including phenoxy) is 1. The molecule has 1 atom stereocenters. The number of nitrogens with zero attached hydrogens (tertiary/aromatic N) is 1. The first kappa shape index (κ1) is 20.5. The largest absolute Gasteiger partial charge is 0.436 e. The summed E-state index contributed by atoms with van der Waals surface area (Å²) in [5.41, 5.74) is 10.4. The average molecular weight is 451 g/mol. The quantitative estimate of drug-likeness (QED) is 0.531. The molecule has 1 amide bonds. The van der Waals surface area contributed by atoms with Crippen molar-refractivity contribution in [2.24, 2.45) is 0 Å². The molecule has 32 heavy (non-hydrogen) atoms. The first-order valence-corrected chi connectivity index (χ1v) is 10.7. The molecule has 2 N–H and O–H groups in total. The summed E-state index contributed by atoms with van der Waals surface area (Å²) in [7, 11) is 1.53. The van der Waals surface area contributed by atoms with Crippen LogP contribution in [0.2, 0.25) is 5.02 Å². The van der Waals surface area contributed by atoms with E-state index in [0.29, 0.717) is 18.4 Å². The van der Waals surface area contributed by atoms with Crippen LogP contribution in [-0.2, 0) is 11.2 Å². The molecule has 162 valence electrons. The fourth-order valence-electron chi connectivity index (χ4n) is 4.72. The van der Waals surface area contributed by atoms with Crippen LogP contribution in [-0.4, -0.2) is 29.9 Å². The van der Waals surface area contributed by atoms with Gasteiger partial charge in [0.1, 0.15) is 5.82 Å². The number of carbonyl (C=O) groups is 2. The summed E-state index contributed by atoms with van der Waals surface area (Å²) in [6.45, 7) is 0. The maximum absolute atomic E-state index is 13.9. The van der Waals surface area contributed by atoms with Gasteiger partial charge in [-0.05, 0) is 35.6 Å². The van der Waals surface area contributed by atoms with Gasteiger partial charge in [-0.1, -0.05) is 60.1 Å². The van der Waals surface area contributed by atoms with Crippen molar-refractivity contribution in [3.63, 3.8) is 0 Å². The van der Waals surface area contributed by atoms with E-state index in [0.717, 1.165) is 28.3 Å². The average Bonchev–Trinajstić information content (AvgIpc) is 3.10. The number of fused-ring (bicyclic) bond motifs is 4. The summed E-state index contributed by atoms with van der Waals surface area (Å²) >= 11 is 6.06. The van der Waals surface area contributed by atoms with E-state index in [1.165, 1.54) is 11.9 Å². The lowest BCUT2D eigenvalue weighted by Crippen LogP contribution is -2.45. The Morgan fingerprint density at radius 3 is 2.34 bits per heavy atom. The summed E-state index contributed by atoms with van der Waals surface area (Å²) in [4.78, 5) is 27.6. The molecule has 5 nitrogen and oxygen atoms in total. The van der Waals surface area contributed by atoms with E-state index < -0.39 is 24.1 Å². The number of halogens is 2. The highest BCUT2D eigenvalue weighted by Gasteiger charge is 2.38. The van der Waals surface area contributed by atoms with E-state index >= 15 is 0 Å². The summed E-state index contributed by atoms with van der Waals surface area (Å²) < 4.78 is 19.8. The van der Waals surface area contributed by atoms with Crippen molar-refractivity contribution in [3.8, 4) is 11.1 Å². The molecule has 0 radical (unpaired) electrons. The molecule has 0 fully saturated rings. The number of amides is 1. The lowest BCUT2D eigenvalue weighted by atomic mass is 9.85. The van der Waals surface area contributed by atoms with Gasteiger partial charge >= 0.3 is 6.09 Å². The Labute approximate surface area is 189 Å². The first-order valence-electron chi connectivity index (χ1n) is 10.3. The minimum atomic E-state index is -0.772. The van der Waals surface area contributed by atoms with Crippen molar-refractivity contribution < 1.29 is 18.7 Å². The van der Waals surface area contributed by atoms with Gasteiger partial charge in [0, 0.05) is 29.4 Å². The number of nitrogen functional groups attached to an aromatic ring is 1. The third-order valence-corrected chi connectivity index (χ3v) is 6.72. The highest BCUT2D eigenvalue weighted by atomic mass is 35.5. The molecule has 2 aliphatic carbocycles. The van der Waals surface area contributed by atoms with E-state index in [4.69, 9.17) is 22.1 Å². The van der Waals surface area contributed by atoms with Crippen LogP contribution in [0, 0.1) is 5.82 Å². The topological polar surface area (TPSA) is 72.6 Å². The minimum absolute atomic E-state index is 0.0250. The van der Waals surface area contributed by atoms with Crippen molar-refractivity contribution in [3.05, 3.63) is 87.7 Å². The maximum atomic E-state index is 13.9. The number of nitrogens with two attached hydrogens (primary N) is 1. The number of rotatable bonds is 2. The summed E-state index contributed by atoms with van der Waals surface area (Å²) in [5, 5.41) is -0.0922. The zero-order chi connectivity index (χ0) is 22.6. The van der Waals surface area contributed by atoms with Crippen LogP contribution in [0.1, 0.15) is 39.6 Å². The van der Waals surface area contributed by atoms with Crippen molar-refractivity contribution in [2.75, 3.05) is 12.8 Å². The Bertz CT molecular complexity index is 1230. The van der Waals surface area contributed by atoms with E-state index in [9.17, 15) is 14.0 Å². The van der Waals surface area contributed by atoms with Crippen LogP contribution >= 0.6 is 11.6 Å². The number of carbonyl (C=O) groups excluding carboxylic acids is 2. The predicted octanol–water partition coefficient (Wildman–Crippen LogP) is 5.40. The van der Waals surface area contributed by atoms with E-state index in [1.54, 1.807) is 0 Å². The second-order valence-corrected chi connectivity index (χ2v) is 8.46. The normalized spacial score (nSPS) is 16.8. The molecule has 3 aromatic rings. The van der Waals surface area contributed by atoms with Gasteiger partial charge in [0.15, 0.2) is 11.9 Å². The number of hydrogen-bond donors (Lipinski definition) is 1. The van der Waals surface area contributed by atoms with Crippen LogP contribution in [0.5, 0.6) is 0 Å². The number of hydrogen-bond acceptors (Lipinski definition) is 4. The highest BCUT2D eigenvalue weighted by Crippen LogP contribution is 2.45. The summed E-state index contributed by atoms with van der Waals surface area (Å²) in [6, 6.07) is 15.9. The van der Waals surface area contributed by atoms with Crippen LogP contribution in [0.25, 0.3) is 11.1 Å². The van der Waals surface area contributed by atoms with E-state index in [-0.39, 0.29) is 22.1 Å². The molecular formula is C25H20ClFN2O3. The fourth-order valence-corrected chi connectivity index (χ4v) is 4.97. The molecule has 1 unspecified atom stereocenters. The molecule has 0 saturated carbocycles. The van der Waals surface area contributed by atoms with Gasteiger partial charge in [-0.15, -0.1) is 0 Å². The number of likely N-dealkylation sites (N-methyl/N-ethyl adjacent to an activating group) is 1. The molecular weight excluding hydrogens is 431 g/mol. The molecule has 0 heterocycles. The maximum Gasteiger partial charge on any atom is 0.411 e. The van der Waals surface area contributed by atoms with Crippen molar-refractivity contribution >= 4 is 29.2 Å². The molecule has 5 rings (SSSR count). The van der Waals surface area contributed by atoms with Crippen LogP contribution in [0.4, 0.5) is 14.9 Å². The number of ketones is 1. The van der Waals surface area contributed by atoms with Crippen molar-refractivity contribution in [2.45, 2.75) is 25.0 Å². The first-order chi connectivity index (χ1) is 15.4. The van der Waals surface area contributed by atoms with Gasteiger partial charge in [0.25, 0.3) is 0 Å². The highest BCUT2D eigenvalue weighted by molar-refractivity contribution is 6.32. The van der Waals surface area contributed by atoms with Gasteiger partial charge in [-0.2, -0.15) is 0 Å². The van der Waals surface area contributed by atoms with Crippen LogP contribution < -0.4 is 5.73 Å². The van der Waals surface area contributed by atoms with E-state index in [1.807, 2.05) is 48.5 Å². The number of Topliss-reactive ketones (excluding diaryl/α,β-unsaturated/α-hetero) is 1. The van der Waals surface area contributed by atoms with Gasteiger partial charge < -0.3 is 15.4 Å². The molecule has 2 aliphatic rings. The lowest BCUT2D eigenvalue weighted by molar-refractivity contribution is 0.0612. The molecule has 3 aromatic carbocycles. The molecule has 0 aromatic heterocycles. The third kappa shape index (κ3) is 3.06. The molecule has 0 bridgehead atoms.